The maximum atomic E-state index is 4.24. The summed E-state index contributed by atoms with van der Waals surface area (Å²) in [5.41, 5.74) is 0.495. The Morgan fingerprint density at radius 3 is 2.43 bits per heavy atom. The Kier molecular flexibility index (Phi) is 5.95. The topological polar surface area (TPSA) is 12.0 Å². The van der Waals surface area contributed by atoms with E-state index in [-0.39, 0.29) is 0 Å². The third kappa shape index (κ3) is 3.82. The van der Waals surface area contributed by atoms with Gasteiger partial charge in [-0.05, 0) is 44.4 Å². The van der Waals surface area contributed by atoms with E-state index in [0.717, 1.165) is 5.75 Å². The van der Waals surface area contributed by atoms with Crippen LogP contribution in [0.3, 0.4) is 0 Å². The summed E-state index contributed by atoms with van der Waals surface area (Å²) in [6, 6.07) is 0. The van der Waals surface area contributed by atoms with Crippen molar-refractivity contribution in [3.05, 3.63) is 0 Å². The lowest BCUT2D eigenvalue weighted by Crippen LogP contribution is -2.46. The van der Waals surface area contributed by atoms with Crippen molar-refractivity contribution in [1.82, 2.24) is 5.32 Å². The molecule has 1 rings (SSSR count). The fraction of sp³-hybridized carbons (Fsp3) is 1.00. The van der Waals surface area contributed by atoms with Gasteiger partial charge in [0.1, 0.15) is 0 Å². The first kappa shape index (κ1) is 12.4. The zero-order valence-corrected chi connectivity index (χ0v) is 10.4. The molecule has 0 saturated heterocycles. The van der Waals surface area contributed by atoms with Crippen molar-refractivity contribution in [2.24, 2.45) is 0 Å². The minimum Gasteiger partial charge on any atom is -0.311 e. The van der Waals surface area contributed by atoms with Gasteiger partial charge in [0.05, 0.1) is 0 Å². The van der Waals surface area contributed by atoms with Crippen molar-refractivity contribution >= 4 is 12.6 Å². The van der Waals surface area contributed by atoms with E-state index in [9.17, 15) is 0 Å². The lowest BCUT2D eigenvalue weighted by Gasteiger charge is -2.37. The van der Waals surface area contributed by atoms with Crippen molar-refractivity contribution in [1.29, 1.82) is 0 Å². The molecular weight excluding hydrogens is 190 g/mol. The summed E-state index contributed by atoms with van der Waals surface area (Å²) in [7, 11) is 0. The molecule has 0 atom stereocenters. The van der Waals surface area contributed by atoms with Crippen LogP contribution in [-0.4, -0.2) is 17.8 Å². The van der Waals surface area contributed by atoms with E-state index in [0.29, 0.717) is 5.54 Å². The van der Waals surface area contributed by atoms with Crippen LogP contribution in [0.4, 0.5) is 0 Å². The minimum absolute atomic E-state index is 0.495. The van der Waals surface area contributed by atoms with Crippen LogP contribution < -0.4 is 5.32 Å². The van der Waals surface area contributed by atoms with Gasteiger partial charge >= 0.3 is 0 Å². The number of thiol groups is 1. The lowest BCUT2D eigenvalue weighted by atomic mass is 9.80. The molecule has 0 spiro atoms. The smallest absolute Gasteiger partial charge is 0.0178 e. The van der Waals surface area contributed by atoms with E-state index in [1.54, 1.807) is 0 Å². The number of hydrogen-bond donors (Lipinski definition) is 2. The molecule has 1 nitrogen and oxygen atoms in total. The van der Waals surface area contributed by atoms with E-state index in [4.69, 9.17) is 0 Å². The van der Waals surface area contributed by atoms with E-state index in [2.05, 4.69) is 24.9 Å². The molecule has 84 valence electrons. The van der Waals surface area contributed by atoms with Crippen LogP contribution >= 0.6 is 12.6 Å². The molecule has 0 bridgehead atoms. The van der Waals surface area contributed by atoms with Crippen LogP contribution in [0.1, 0.15) is 58.3 Å². The highest BCUT2D eigenvalue weighted by atomic mass is 32.1. The predicted molar refractivity (Wildman–Crippen MR) is 67.2 cm³/mol. The van der Waals surface area contributed by atoms with Gasteiger partial charge in [0, 0.05) is 5.54 Å². The molecule has 0 radical (unpaired) electrons. The summed E-state index contributed by atoms with van der Waals surface area (Å²) < 4.78 is 0. The Bertz CT molecular complexity index is 141. The monoisotopic (exact) mass is 215 g/mol. The van der Waals surface area contributed by atoms with Crippen LogP contribution in [-0.2, 0) is 0 Å². The van der Waals surface area contributed by atoms with E-state index in [1.807, 2.05) is 0 Å². The molecule has 1 saturated carbocycles. The first-order valence-electron chi connectivity index (χ1n) is 6.19. The summed E-state index contributed by atoms with van der Waals surface area (Å²) >= 11 is 4.24. The number of unbranched alkanes of at least 4 members (excludes halogenated alkanes) is 1. The van der Waals surface area contributed by atoms with E-state index < -0.39 is 0 Å². The third-order valence-corrected chi connectivity index (χ3v) is 3.89. The van der Waals surface area contributed by atoms with Gasteiger partial charge in [0.2, 0.25) is 0 Å². The summed E-state index contributed by atoms with van der Waals surface area (Å²) in [6.07, 6.45) is 10.9. The van der Waals surface area contributed by atoms with Crippen molar-refractivity contribution in [2.75, 3.05) is 12.3 Å². The van der Waals surface area contributed by atoms with Gasteiger partial charge in [-0.2, -0.15) is 12.6 Å². The van der Waals surface area contributed by atoms with Crippen molar-refractivity contribution in [3.8, 4) is 0 Å². The van der Waals surface area contributed by atoms with Crippen molar-refractivity contribution < 1.29 is 0 Å². The molecule has 1 aliphatic carbocycles. The molecule has 14 heavy (non-hydrogen) atoms. The second kappa shape index (κ2) is 6.73. The first-order chi connectivity index (χ1) is 6.83. The van der Waals surface area contributed by atoms with Gasteiger partial charge in [-0.25, -0.2) is 0 Å². The van der Waals surface area contributed by atoms with E-state index >= 15 is 0 Å². The molecule has 0 amide bonds. The van der Waals surface area contributed by atoms with Gasteiger partial charge < -0.3 is 5.32 Å². The largest absolute Gasteiger partial charge is 0.311 e. The van der Waals surface area contributed by atoms with Crippen LogP contribution in [0.25, 0.3) is 0 Å². The van der Waals surface area contributed by atoms with Gasteiger partial charge in [-0.3, -0.25) is 0 Å². The summed E-state index contributed by atoms with van der Waals surface area (Å²) in [4.78, 5) is 0. The standard InChI is InChI=1S/C12H25NS/c1-2-12(8-4-3-5-9-12)13-10-6-7-11-14/h13-14H,2-11H2,1H3. The Morgan fingerprint density at radius 2 is 1.86 bits per heavy atom. The fourth-order valence-corrected chi connectivity index (χ4v) is 2.70. The summed E-state index contributed by atoms with van der Waals surface area (Å²) in [5, 5.41) is 3.79. The highest BCUT2D eigenvalue weighted by Crippen LogP contribution is 2.30. The quantitative estimate of drug-likeness (QED) is 0.511. The predicted octanol–water partition coefficient (Wildman–Crippen LogP) is 3.40. The summed E-state index contributed by atoms with van der Waals surface area (Å²) in [6.45, 7) is 3.52. The summed E-state index contributed by atoms with van der Waals surface area (Å²) in [5.74, 6) is 1.03. The Morgan fingerprint density at radius 1 is 1.14 bits per heavy atom. The molecule has 0 heterocycles. The van der Waals surface area contributed by atoms with Crippen LogP contribution in [0.5, 0.6) is 0 Å². The highest BCUT2D eigenvalue weighted by molar-refractivity contribution is 7.80. The maximum absolute atomic E-state index is 4.24. The average Bonchev–Trinajstić information content (AvgIpc) is 2.26. The SMILES string of the molecule is CCC1(NCCCCS)CCCCC1. The number of nitrogens with one attached hydrogen (secondary N) is 1. The second-order valence-corrected chi connectivity index (χ2v) is 5.00. The van der Waals surface area contributed by atoms with E-state index in [1.165, 1.54) is 57.9 Å². The molecule has 2 heteroatoms. The van der Waals surface area contributed by atoms with Crippen molar-refractivity contribution in [2.45, 2.75) is 63.8 Å². The zero-order chi connectivity index (χ0) is 10.3. The number of rotatable bonds is 6. The number of hydrogen-bond acceptors (Lipinski definition) is 2. The fourth-order valence-electron chi connectivity index (χ4n) is 2.47. The molecule has 1 aliphatic rings. The Labute approximate surface area is 94.5 Å². The van der Waals surface area contributed by atoms with Gasteiger partial charge in [-0.15, -0.1) is 0 Å². The molecule has 0 aromatic rings. The molecule has 0 aromatic carbocycles. The Hall–Kier alpha value is 0.310. The normalized spacial score (nSPS) is 21.0. The maximum Gasteiger partial charge on any atom is 0.0178 e. The molecule has 1 fully saturated rings. The zero-order valence-electron chi connectivity index (χ0n) is 9.52. The van der Waals surface area contributed by atoms with Gasteiger partial charge in [0.15, 0.2) is 0 Å². The van der Waals surface area contributed by atoms with Crippen LogP contribution in [0, 0.1) is 0 Å². The van der Waals surface area contributed by atoms with Gasteiger partial charge in [0.25, 0.3) is 0 Å². The van der Waals surface area contributed by atoms with Crippen LogP contribution in [0.15, 0.2) is 0 Å². The lowest BCUT2D eigenvalue weighted by molar-refractivity contribution is 0.223. The van der Waals surface area contributed by atoms with Crippen molar-refractivity contribution in [3.63, 3.8) is 0 Å². The molecule has 0 aliphatic heterocycles. The molecular formula is C12H25NS. The molecule has 0 unspecified atom stereocenters. The second-order valence-electron chi connectivity index (χ2n) is 4.55. The van der Waals surface area contributed by atoms with Gasteiger partial charge in [-0.1, -0.05) is 26.2 Å². The molecule has 0 aromatic heterocycles. The Balaban J connectivity index is 2.22. The third-order valence-electron chi connectivity index (χ3n) is 3.57. The molecule has 1 N–H and O–H groups in total. The minimum atomic E-state index is 0.495. The average molecular weight is 215 g/mol. The first-order valence-corrected chi connectivity index (χ1v) is 6.82. The highest BCUT2D eigenvalue weighted by Gasteiger charge is 2.28. The van der Waals surface area contributed by atoms with Crippen LogP contribution in [0.2, 0.25) is 0 Å².